The van der Waals surface area contributed by atoms with Gasteiger partial charge in [0.1, 0.15) is 11.5 Å². The Morgan fingerprint density at radius 1 is 0.939 bits per heavy atom. The van der Waals surface area contributed by atoms with E-state index in [2.05, 4.69) is 10.0 Å². The number of amides is 1. The predicted octanol–water partition coefficient (Wildman–Crippen LogP) is 5.60. The van der Waals surface area contributed by atoms with Gasteiger partial charge in [0.05, 0.1) is 17.7 Å². The van der Waals surface area contributed by atoms with Crippen LogP contribution in [0.3, 0.4) is 0 Å². The van der Waals surface area contributed by atoms with Crippen LogP contribution in [0.25, 0.3) is 0 Å². The number of ether oxygens (including phenoxy) is 2. The van der Waals surface area contributed by atoms with Gasteiger partial charge in [-0.1, -0.05) is 36.2 Å². The summed E-state index contributed by atoms with van der Waals surface area (Å²) in [7, 11) is -2.33. The monoisotopic (exact) mass is 508 g/mol. The Morgan fingerprint density at radius 3 is 2.18 bits per heavy atom. The highest BCUT2D eigenvalue weighted by atomic mass is 35.5. The average molecular weight is 509 g/mol. The summed E-state index contributed by atoms with van der Waals surface area (Å²) in [6.07, 6.45) is -0.309. The summed E-state index contributed by atoms with van der Waals surface area (Å²) in [4.78, 5) is 12.7. The summed E-state index contributed by atoms with van der Waals surface area (Å²) in [5.41, 5.74) is 0.669. The predicted molar refractivity (Wildman–Crippen MR) is 130 cm³/mol. The van der Waals surface area contributed by atoms with E-state index in [9.17, 15) is 13.2 Å². The van der Waals surface area contributed by atoms with E-state index in [-0.39, 0.29) is 16.5 Å². The van der Waals surface area contributed by atoms with Gasteiger partial charge >= 0.3 is 0 Å². The van der Waals surface area contributed by atoms with Crippen LogP contribution in [-0.2, 0) is 14.8 Å². The van der Waals surface area contributed by atoms with Gasteiger partial charge in [-0.3, -0.25) is 9.52 Å². The van der Waals surface area contributed by atoms with Gasteiger partial charge in [-0.05, 0) is 61.0 Å². The van der Waals surface area contributed by atoms with Crippen LogP contribution in [0.15, 0.2) is 71.6 Å². The molecule has 0 heterocycles. The van der Waals surface area contributed by atoms with Gasteiger partial charge in [-0.25, -0.2) is 8.42 Å². The van der Waals surface area contributed by atoms with E-state index in [0.717, 1.165) is 0 Å². The van der Waals surface area contributed by atoms with Gasteiger partial charge in [0.2, 0.25) is 0 Å². The van der Waals surface area contributed by atoms with Crippen molar-refractivity contribution in [3.63, 3.8) is 0 Å². The summed E-state index contributed by atoms with van der Waals surface area (Å²) in [5, 5.41) is 3.35. The van der Waals surface area contributed by atoms with Crippen LogP contribution in [0.5, 0.6) is 11.5 Å². The number of carbonyl (C=O) groups is 1. The van der Waals surface area contributed by atoms with Crippen LogP contribution in [-0.4, -0.2) is 27.5 Å². The van der Waals surface area contributed by atoms with E-state index in [1.807, 2.05) is 6.92 Å². The minimum atomic E-state index is -3.88. The van der Waals surface area contributed by atoms with Crippen LogP contribution in [0, 0.1) is 0 Å². The fourth-order valence-corrected chi connectivity index (χ4v) is 4.49. The topological polar surface area (TPSA) is 93.7 Å². The third-order valence-electron chi connectivity index (χ3n) is 4.53. The number of anilines is 2. The minimum absolute atomic E-state index is 0.0104. The number of halogens is 2. The number of carbonyl (C=O) groups excluding carboxylic acids is 1. The van der Waals surface area contributed by atoms with Gasteiger partial charge in [-0.2, -0.15) is 0 Å². The van der Waals surface area contributed by atoms with E-state index in [1.165, 1.54) is 42.5 Å². The lowest BCUT2D eigenvalue weighted by Crippen LogP contribution is -2.32. The van der Waals surface area contributed by atoms with Gasteiger partial charge < -0.3 is 14.8 Å². The molecule has 0 aliphatic heterocycles. The summed E-state index contributed by atoms with van der Waals surface area (Å²) in [5.74, 6) is 0.765. The van der Waals surface area contributed by atoms with Crippen molar-refractivity contribution < 1.29 is 22.7 Å². The van der Waals surface area contributed by atoms with Crippen molar-refractivity contribution in [3.05, 3.63) is 76.8 Å². The third kappa shape index (κ3) is 6.77. The molecule has 0 fully saturated rings. The maximum Gasteiger partial charge on any atom is 0.265 e. The normalized spacial score (nSPS) is 12.0. The summed E-state index contributed by atoms with van der Waals surface area (Å²) < 4.78 is 38.7. The molecule has 0 aromatic heterocycles. The number of methoxy groups -OCH3 is 1. The maximum atomic E-state index is 12.7. The zero-order valence-corrected chi connectivity index (χ0v) is 20.2. The molecule has 0 radical (unpaired) electrons. The highest BCUT2D eigenvalue weighted by Gasteiger charge is 2.20. The van der Waals surface area contributed by atoms with Crippen molar-refractivity contribution >= 4 is 50.5 Å². The molecule has 10 heteroatoms. The van der Waals surface area contributed by atoms with Gasteiger partial charge in [0.25, 0.3) is 15.9 Å². The molecule has 174 valence electrons. The Kier molecular flexibility index (Phi) is 8.07. The number of hydrogen-bond donors (Lipinski definition) is 2. The third-order valence-corrected chi connectivity index (χ3v) is 6.36. The van der Waals surface area contributed by atoms with Crippen LogP contribution < -0.4 is 19.5 Å². The largest absolute Gasteiger partial charge is 0.497 e. The number of hydrogen-bond acceptors (Lipinski definition) is 5. The zero-order chi connectivity index (χ0) is 24.0. The Morgan fingerprint density at radius 2 is 1.58 bits per heavy atom. The summed E-state index contributed by atoms with van der Waals surface area (Å²) >= 11 is 11.8. The van der Waals surface area contributed by atoms with Crippen molar-refractivity contribution in [1.29, 1.82) is 0 Å². The fraction of sp³-hybridized carbons (Fsp3) is 0.174. The molecule has 0 aliphatic rings. The highest BCUT2D eigenvalue weighted by Crippen LogP contribution is 2.25. The molecule has 3 aromatic carbocycles. The van der Waals surface area contributed by atoms with Crippen molar-refractivity contribution in [3.8, 4) is 11.5 Å². The molecule has 0 aliphatic carbocycles. The lowest BCUT2D eigenvalue weighted by Gasteiger charge is -2.18. The molecule has 0 saturated carbocycles. The molecule has 0 unspecified atom stereocenters. The first-order valence-electron chi connectivity index (χ1n) is 9.90. The summed E-state index contributed by atoms with van der Waals surface area (Å²) in [6.45, 7) is 1.83. The molecule has 33 heavy (non-hydrogen) atoms. The molecule has 7 nitrogen and oxygen atoms in total. The molecule has 1 atom stereocenters. The Balaban J connectivity index is 1.67. The van der Waals surface area contributed by atoms with Crippen molar-refractivity contribution in [2.24, 2.45) is 0 Å². The Labute approximate surface area is 202 Å². The second-order valence-electron chi connectivity index (χ2n) is 6.97. The molecule has 1 amide bonds. The van der Waals surface area contributed by atoms with Crippen molar-refractivity contribution in [2.75, 3.05) is 17.1 Å². The van der Waals surface area contributed by atoms with Crippen LogP contribution >= 0.6 is 23.2 Å². The van der Waals surface area contributed by atoms with Crippen LogP contribution in [0.1, 0.15) is 13.3 Å². The quantitative estimate of drug-likeness (QED) is 0.392. The minimum Gasteiger partial charge on any atom is -0.497 e. The van der Waals surface area contributed by atoms with Crippen molar-refractivity contribution in [2.45, 2.75) is 24.3 Å². The number of sulfonamides is 1. The molecular weight excluding hydrogens is 487 g/mol. The van der Waals surface area contributed by atoms with E-state index >= 15 is 0 Å². The van der Waals surface area contributed by atoms with Gasteiger partial charge in [0, 0.05) is 21.8 Å². The maximum absolute atomic E-state index is 12.7. The number of benzene rings is 3. The lowest BCUT2D eigenvalue weighted by molar-refractivity contribution is -0.122. The molecule has 0 bridgehead atoms. The lowest BCUT2D eigenvalue weighted by atomic mass is 10.2. The van der Waals surface area contributed by atoms with E-state index in [0.29, 0.717) is 33.7 Å². The zero-order valence-electron chi connectivity index (χ0n) is 17.8. The van der Waals surface area contributed by atoms with E-state index < -0.39 is 16.1 Å². The summed E-state index contributed by atoms with van der Waals surface area (Å²) in [6, 6.07) is 17.1. The standard InChI is InChI=1S/C23H22Cl2N2O5S/c1-3-22(32-20-6-4-5-19(14-20)31-2)23(28)26-17-7-9-21(10-8-17)33(29,30)27-18-12-15(24)11-16(25)13-18/h4-14,22,27H,3H2,1-2H3,(H,26,28)/t22-/m0/s1. The fourth-order valence-electron chi connectivity index (χ4n) is 2.93. The smallest absolute Gasteiger partial charge is 0.265 e. The molecular formula is C23H22Cl2N2O5S. The van der Waals surface area contributed by atoms with Crippen LogP contribution in [0.2, 0.25) is 10.0 Å². The molecule has 0 spiro atoms. The first-order chi connectivity index (χ1) is 15.7. The first kappa shape index (κ1) is 24.7. The number of rotatable bonds is 9. The Bertz CT molecular complexity index is 1210. The van der Waals surface area contributed by atoms with E-state index in [4.69, 9.17) is 32.7 Å². The van der Waals surface area contributed by atoms with Crippen LogP contribution in [0.4, 0.5) is 11.4 Å². The average Bonchev–Trinajstić information content (AvgIpc) is 2.77. The SMILES string of the molecule is CC[C@H](Oc1cccc(OC)c1)C(=O)Nc1ccc(S(=O)(=O)Nc2cc(Cl)cc(Cl)c2)cc1. The molecule has 0 saturated heterocycles. The molecule has 3 rings (SSSR count). The highest BCUT2D eigenvalue weighted by molar-refractivity contribution is 7.92. The van der Waals surface area contributed by atoms with E-state index in [1.54, 1.807) is 31.4 Å². The second-order valence-corrected chi connectivity index (χ2v) is 9.53. The van der Waals surface area contributed by atoms with Gasteiger partial charge in [0.15, 0.2) is 6.10 Å². The van der Waals surface area contributed by atoms with Crippen molar-refractivity contribution in [1.82, 2.24) is 0 Å². The molecule has 2 N–H and O–H groups in total. The van der Waals surface area contributed by atoms with Gasteiger partial charge in [-0.15, -0.1) is 0 Å². The second kappa shape index (κ2) is 10.8. The number of nitrogens with one attached hydrogen (secondary N) is 2. The molecule has 3 aromatic rings. The first-order valence-corrected chi connectivity index (χ1v) is 12.1. The Hall–Kier alpha value is -2.94.